The molecule has 1 fully saturated rings. The van der Waals surface area contributed by atoms with Gasteiger partial charge in [0.05, 0.1) is 0 Å². The Hall–Kier alpha value is -1.52. The van der Waals surface area contributed by atoms with E-state index >= 15 is 0 Å². The average molecular weight is 227 g/mol. The maximum Gasteiger partial charge on any atom is 0.407 e. The predicted octanol–water partition coefficient (Wildman–Crippen LogP) is 1.68. The summed E-state index contributed by atoms with van der Waals surface area (Å²) in [6.07, 6.45) is 1.91. The van der Waals surface area contributed by atoms with E-state index in [0.717, 1.165) is 5.57 Å². The van der Waals surface area contributed by atoms with Crippen molar-refractivity contribution < 1.29 is 19.4 Å². The second kappa shape index (κ2) is 4.55. The summed E-state index contributed by atoms with van der Waals surface area (Å²) >= 11 is 0. The molecule has 0 radical (unpaired) electrons. The molecule has 1 aliphatic rings. The van der Waals surface area contributed by atoms with Crippen LogP contribution in [0.25, 0.3) is 0 Å². The van der Waals surface area contributed by atoms with Crippen LogP contribution in [0.15, 0.2) is 11.6 Å². The zero-order chi connectivity index (χ0) is 12.3. The van der Waals surface area contributed by atoms with Crippen molar-refractivity contribution in [2.75, 3.05) is 0 Å². The fourth-order valence-electron chi connectivity index (χ4n) is 1.44. The lowest BCUT2D eigenvalue weighted by Gasteiger charge is -2.30. The first-order valence-electron chi connectivity index (χ1n) is 5.18. The van der Waals surface area contributed by atoms with Crippen LogP contribution in [0.4, 0.5) is 4.79 Å². The molecule has 0 spiro atoms. The van der Waals surface area contributed by atoms with E-state index in [4.69, 9.17) is 9.84 Å². The van der Waals surface area contributed by atoms with Crippen molar-refractivity contribution in [1.29, 1.82) is 0 Å². The van der Waals surface area contributed by atoms with Gasteiger partial charge in [-0.05, 0) is 33.6 Å². The summed E-state index contributed by atoms with van der Waals surface area (Å²) in [6.45, 7) is 5.38. The monoisotopic (exact) mass is 227 g/mol. The SMILES string of the molecule is CC(C)(C)OC(=O)NC1CC(=CC(=O)O)C1. The predicted molar refractivity (Wildman–Crippen MR) is 58.1 cm³/mol. The van der Waals surface area contributed by atoms with Gasteiger partial charge in [-0.15, -0.1) is 0 Å². The molecule has 1 aliphatic carbocycles. The lowest BCUT2D eigenvalue weighted by Crippen LogP contribution is -2.43. The maximum absolute atomic E-state index is 11.3. The Balaban J connectivity index is 2.28. The number of aliphatic carboxylic acids is 1. The third kappa shape index (κ3) is 4.33. The van der Waals surface area contributed by atoms with E-state index in [0.29, 0.717) is 12.8 Å². The highest BCUT2D eigenvalue weighted by Gasteiger charge is 2.27. The fourth-order valence-corrected chi connectivity index (χ4v) is 1.44. The molecule has 0 bridgehead atoms. The molecular weight excluding hydrogens is 210 g/mol. The second-order valence-electron chi connectivity index (χ2n) is 4.89. The first-order valence-corrected chi connectivity index (χ1v) is 5.18. The summed E-state index contributed by atoms with van der Waals surface area (Å²) in [5.74, 6) is -0.939. The zero-order valence-corrected chi connectivity index (χ0v) is 9.74. The average Bonchev–Trinajstić information content (AvgIpc) is 1.95. The van der Waals surface area contributed by atoms with Gasteiger partial charge in [0.1, 0.15) is 5.60 Å². The zero-order valence-electron chi connectivity index (χ0n) is 9.74. The van der Waals surface area contributed by atoms with Crippen LogP contribution in [0.5, 0.6) is 0 Å². The van der Waals surface area contributed by atoms with E-state index in [1.807, 2.05) is 0 Å². The van der Waals surface area contributed by atoms with E-state index in [1.54, 1.807) is 20.8 Å². The smallest absolute Gasteiger partial charge is 0.407 e. The third-order valence-electron chi connectivity index (χ3n) is 2.07. The highest BCUT2D eigenvalue weighted by atomic mass is 16.6. The van der Waals surface area contributed by atoms with Crippen LogP contribution in [-0.2, 0) is 9.53 Å². The normalized spacial score (nSPS) is 19.7. The Morgan fingerprint density at radius 2 is 2.00 bits per heavy atom. The lowest BCUT2D eigenvalue weighted by atomic mass is 9.86. The number of hydrogen-bond acceptors (Lipinski definition) is 3. The van der Waals surface area contributed by atoms with Gasteiger partial charge in [-0.3, -0.25) is 0 Å². The van der Waals surface area contributed by atoms with Gasteiger partial charge in [-0.2, -0.15) is 0 Å². The van der Waals surface area contributed by atoms with Crippen LogP contribution in [0.2, 0.25) is 0 Å². The molecule has 0 atom stereocenters. The standard InChI is InChI=1S/C11H17NO4/c1-11(2,3)16-10(15)12-8-4-7(5-8)6-9(13)14/h6,8H,4-5H2,1-3H3,(H,12,15)(H,13,14). The fraction of sp³-hybridized carbons (Fsp3) is 0.636. The number of alkyl carbamates (subject to hydrolysis) is 1. The van der Waals surface area contributed by atoms with Crippen molar-refractivity contribution in [3.05, 3.63) is 11.6 Å². The number of carboxylic acids is 1. The highest BCUT2D eigenvalue weighted by Crippen LogP contribution is 2.26. The molecule has 1 amide bonds. The number of hydrogen-bond donors (Lipinski definition) is 2. The molecule has 5 nitrogen and oxygen atoms in total. The van der Waals surface area contributed by atoms with Gasteiger partial charge in [-0.25, -0.2) is 9.59 Å². The molecule has 1 saturated carbocycles. The number of rotatable bonds is 2. The van der Waals surface area contributed by atoms with Gasteiger partial charge < -0.3 is 15.2 Å². The molecule has 16 heavy (non-hydrogen) atoms. The summed E-state index contributed by atoms with van der Waals surface area (Å²) in [4.78, 5) is 21.7. The molecule has 1 rings (SSSR count). The minimum Gasteiger partial charge on any atom is -0.478 e. The third-order valence-corrected chi connectivity index (χ3v) is 2.07. The Morgan fingerprint density at radius 3 is 2.44 bits per heavy atom. The summed E-state index contributed by atoms with van der Waals surface area (Å²) in [7, 11) is 0. The molecule has 5 heteroatoms. The minimum atomic E-state index is -0.939. The summed E-state index contributed by atoms with van der Waals surface area (Å²) in [6, 6.07) is 0.000417. The quantitative estimate of drug-likeness (QED) is 0.704. The van der Waals surface area contributed by atoms with Crippen molar-refractivity contribution in [2.45, 2.75) is 45.3 Å². The number of carbonyl (C=O) groups excluding carboxylic acids is 1. The van der Waals surface area contributed by atoms with Crippen LogP contribution in [0.3, 0.4) is 0 Å². The number of nitrogens with one attached hydrogen (secondary N) is 1. The number of carboxylic acid groups (broad SMARTS) is 1. The van der Waals surface area contributed by atoms with Crippen LogP contribution < -0.4 is 5.32 Å². The van der Waals surface area contributed by atoms with E-state index in [2.05, 4.69) is 5.32 Å². The molecule has 0 aromatic rings. The van der Waals surface area contributed by atoms with E-state index in [9.17, 15) is 9.59 Å². The topological polar surface area (TPSA) is 75.6 Å². The molecule has 0 aliphatic heterocycles. The van der Waals surface area contributed by atoms with Crippen molar-refractivity contribution in [3.8, 4) is 0 Å². The molecular formula is C11H17NO4. The van der Waals surface area contributed by atoms with Crippen LogP contribution >= 0.6 is 0 Å². The Kier molecular flexibility index (Phi) is 3.57. The van der Waals surface area contributed by atoms with E-state index < -0.39 is 17.7 Å². The molecule has 0 unspecified atom stereocenters. The first-order chi connectivity index (χ1) is 7.26. The summed E-state index contributed by atoms with van der Waals surface area (Å²) < 4.78 is 5.07. The number of ether oxygens (including phenoxy) is 1. The van der Waals surface area contributed by atoms with Crippen LogP contribution in [0, 0.1) is 0 Å². The molecule has 0 saturated heterocycles. The maximum atomic E-state index is 11.3. The van der Waals surface area contributed by atoms with Gasteiger partial charge in [0.25, 0.3) is 0 Å². The van der Waals surface area contributed by atoms with Crippen LogP contribution in [0.1, 0.15) is 33.6 Å². The summed E-state index contributed by atoms with van der Waals surface area (Å²) in [5.41, 5.74) is 0.335. The van der Waals surface area contributed by atoms with Crippen molar-refractivity contribution in [2.24, 2.45) is 0 Å². The van der Waals surface area contributed by atoms with Gasteiger partial charge >= 0.3 is 12.1 Å². The lowest BCUT2D eigenvalue weighted by molar-refractivity contribution is -0.131. The van der Waals surface area contributed by atoms with Crippen LogP contribution in [-0.4, -0.2) is 28.8 Å². The molecule has 90 valence electrons. The van der Waals surface area contributed by atoms with Gasteiger partial charge in [0, 0.05) is 12.1 Å². The largest absolute Gasteiger partial charge is 0.478 e. The Labute approximate surface area is 94.5 Å². The van der Waals surface area contributed by atoms with Gasteiger partial charge in [0.15, 0.2) is 0 Å². The first kappa shape index (κ1) is 12.5. The molecule has 0 aromatic heterocycles. The minimum absolute atomic E-state index is 0.000417. The van der Waals surface area contributed by atoms with Crippen molar-refractivity contribution in [3.63, 3.8) is 0 Å². The second-order valence-corrected chi connectivity index (χ2v) is 4.89. The van der Waals surface area contributed by atoms with Gasteiger partial charge in [-0.1, -0.05) is 5.57 Å². The molecule has 0 aromatic carbocycles. The molecule has 0 heterocycles. The van der Waals surface area contributed by atoms with E-state index in [1.165, 1.54) is 6.08 Å². The van der Waals surface area contributed by atoms with Crippen molar-refractivity contribution >= 4 is 12.1 Å². The summed E-state index contributed by atoms with van der Waals surface area (Å²) in [5, 5.41) is 11.2. The Bertz CT molecular complexity index is 319. The highest BCUT2D eigenvalue weighted by molar-refractivity contribution is 5.81. The number of amides is 1. The Morgan fingerprint density at radius 1 is 1.44 bits per heavy atom. The van der Waals surface area contributed by atoms with E-state index in [-0.39, 0.29) is 6.04 Å². The molecule has 2 N–H and O–H groups in total. The number of carbonyl (C=O) groups is 2. The van der Waals surface area contributed by atoms with Crippen molar-refractivity contribution in [1.82, 2.24) is 5.32 Å². The van der Waals surface area contributed by atoms with Gasteiger partial charge in [0.2, 0.25) is 0 Å².